The average Bonchev–Trinajstić information content (AvgIpc) is 2.64. The third-order valence-corrected chi connectivity index (χ3v) is 3.64. The van der Waals surface area contributed by atoms with Gasteiger partial charge in [0.25, 0.3) is 0 Å². The van der Waals surface area contributed by atoms with Gasteiger partial charge >= 0.3 is 0 Å². The lowest BCUT2D eigenvalue weighted by Gasteiger charge is -2.20. The molecule has 1 aromatic carbocycles. The van der Waals surface area contributed by atoms with Gasteiger partial charge in [-0.25, -0.2) is 0 Å². The second kappa shape index (κ2) is 4.73. The van der Waals surface area contributed by atoms with Crippen molar-refractivity contribution in [3.8, 4) is 0 Å². The van der Waals surface area contributed by atoms with Gasteiger partial charge in [-0.05, 0) is 47.0 Å². The van der Waals surface area contributed by atoms with E-state index in [0.717, 1.165) is 35.2 Å². The van der Waals surface area contributed by atoms with Crippen LogP contribution in [0.25, 0.3) is 0 Å². The molecule has 16 heavy (non-hydrogen) atoms. The van der Waals surface area contributed by atoms with Crippen molar-refractivity contribution in [2.75, 3.05) is 18.0 Å². The molecule has 0 aromatic heterocycles. The van der Waals surface area contributed by atoms with Crippen LogP contribution in [-0.2, 0) is 0 Å². The summed E-state index contributed by atoms with van der Waals surface area (Å²) in [6, 6.07) is 6.23. The van der Waals surface area contributed by atoms with E-state index in [4.69, 9.17) is 5.73 Å². The highest BCUT2D eigenvalue weighted by Gasteiger charge is 2.22. The van der Waals surface area contributed by atoms with E-state index in [1.54, 1.807) is 0 Å². The maximum absolute atomic E-state index is 9.52. The Balaban J connectivity index is 2.22. The number of halogens is 1. The summed E-state index contributed by atoms with van der Waals surface area (Å²) < 4.78 is 1.05. The highest BCUT2D eigenvalue weighted by molar-refractivity contribution is 9.10. The van der Waals surface area contributed by atoms with Crippen LogP contribution in [0.3, 0.4) is 0 Å². The van der Waals surface area contributed by atoms with Crippen molar-refractivity contribution in [3.63, 3.8) is 0 Å². The van der Waals surface area contributed by atoms with Crippen molar-refractivity contribution < 1.29 is 5.11 Å². The monoisotopic (exact) mass is 284 g/mol. The Morgan fingerprint density at radius 2 is 2.31 bits per heavy atom. The molecule has 1 aliphatic heterocycles. The van der Waals surface area contributed by atoms with Crippen LogP contribution in [0.1, 0.15) is 24.9 Å². The average molecular weight is 285 g/mol. The van der Waals surface area contributed by atoms with Crippen molar-refractivity contribution in [2.45, 2.75) is 25.5 Å². The predicted octanol–water partition coefficient (Wildman–Crippen LogP) is 2.04. The number of nitrogens with zero attached hydrogens (tertiary/aromatic N) is 1. The molecule has 1 aliphatic rings. The first kappa shape index (κ1) is 11.9. The summed E-state index contributed by atoms with van der Waals surface area (Å²) in [4.78, 5) is 2.19. The molecular weight excluding hydrogens is 268 g/mol. The van der Waals surface area contributed by atoms with Gasteiger partial charge in [-0.15, -0.1) is 0 Å². The van der Waals surface area contributed by atoms with Crippen molar-refractivity contribution in [1.82, 2.24) is 0 Å². The lowest BCUT2D eigenvalue weighted by Crippen LogP contribution is -2.21. The normalized spacial score (nSPS) is 22.5. The molecule has 4 heteroatoms. The predicted molar refractivity (Wildman–Crippen MR) is 69.6 cm³/mol. The summed E-state index contributed by atoms with van der Waals surface area (Å²) in [5.41, 5.74) is 8.09. The third kappa shape index (κ3) is 2.39. The van der Waals surface area contributed by atoms with Crippen LogP contribution in [0, 0.1) is 0 Å². The Morgan fingerprint density at radius 3 is 2.81 bits per heavy atom. The van der Waals surface area contributed by atoms with E-state index >= 15 is 0 Å². The third-order valence-electron chi connectivity index (χ3n) is 3.00. The van der Waals surface area contributed by atoms with Crippen molar-refractivity contribution in [2.24, 2.45) is 5.73 Å². The maximum atomic E-state index is 9.52. The molecule has 3 nitrogen and oxygen atoms in total. The Morgan fingerprint density at radius 1 is 1.56 bits per heavy atom. The van der Waals surface area contributed by atoms with E-state index in [1.807, 2.05) is 6.92 Å². The highest BCUT2D eigenvalue weighted by Crippen LogP contribution is 2.31. The standard InChI is InChI=1S/C12H17BrN2O/c1-8(14)9-2-3-12(11(13)6-9)15-5-4-10(16)7-15/h2-3,6,8,10,16H,4-5,7,14H2,1H3. The minimum Gasteiger partial charge on any atom is -0.391 e. The molecule has 1 fully saturated rings. The number of benzene rings is 1. The fourth-order valence-corrected chi connectivity index (χ4v) is 2.67. The Labute approximate surface area is 104 Å². The summed E-state index contributed by atoms with van der Waals surface area (Å²) in [6.07, 6.45) is 0.654. The smallest absolute Gasteiger partial charge is 0.0731 e. The molecule has 0 spiro atoms. The number of hydrogen-bond acceptors (Lipinski definition) is 3. The topological polar surface area (TPSA) is 49.5 Å². The molecule has 88 valence electrons. The van der Waals surface area contributed by atoms with Gasteiger partial charge < -0.3 is 15.7 Å². The summed E-state index contributed by atoms with van der Waals surface area (Å²) in [6.45, 7) is 3.61. The summed E-state index contributed by atoms with van der Waals surface area (Å²) in [5.74, 6) is 0. The maximum Gasteiger partial charge on any atom is 0.0731 e. The minimum atomic E-state index is -0.194. The quantitative estimate of drug-likeness (QED) is 0.874. The summed E-state index contributed by atoms with van der Waals surface area (Å²) >= 11 is 3.57. The van der Waals surface area contributed by atoms with Gasteiger partial charge in [0, 0.05) is 23.6 Å². The molecule has 0 radical (unpaired) electrons. The fraction of sp³-hybridized carbons (Fsp3) is 0.500. The van der Waals surface area contributed by atoms with Gasteiger partial charge in [-0.1, -0.05) is 6.07 Å². The number of aliphatic hydroxyl groups excluding tert-OH is 1. The molecule has 1 aromatic rings. The van der Waals surface area contributed by atoms with E-state index in [-0.39, 0.29) is 12.1 Å². The lowest BCUT2D eigenvalue weighted by molar-refractivity contribution is 0.198. The van der Waals surface area contributed by atoms with Crippen LogP contribution in [0.15, 0.2) is 22.7 Å². The van der Waals surface area contributed by atoms with Crippen LogP contribution in [0.5, 0.6) is 0 Å². The molecular formula is C12H17BrN2O. The first-order valence-corrected chi connectivity index (χ1v) is 6.35. The molecule has 0 aliphatic carbocycles. The highest BCUT2D eigenvalue weighted by atomic mass is 79.9. The zero-order valence-corrected chi connectivity index (χ0v) is 10.9. The zero-order chi connectivity index (χ0) is 11.7. The number of β-amino-alcohol motifs (C(OH)–C–C–N with tert-alkyl or cyclic N) is 1. The van der Waals surface area contributed by atoms with Gasteiger partial charge in [0.1, 0.15) is 0 Å². The zero-order valence-electron chi connectivity index (χ0n) is 9.36. The Hall–Kier alpha value is -0.580. The van der Waals surface area contributed by atoms with Gasteiger partial charge in [-0.2, -0.15) is 0 Å². The number of aliphatic hydroxyl groups is 1. The number of nitrogens with two attached hydrogens (primary N) is 1. The molecule has 0 amide bonds. The second-order valence-electron chi connectivity index (χ2n) is 4.39. The molecule has 2 unspecified atom stereocenters. The molecule has 0 bridgehead atoms. The Kier molecular flexibility index (Phi) is 3.52. The van der Waals surface area contributed by atoms with E-state index in [2.05, 4.69) is 39.0 Å². The van der Waals surface area contributed by atoms with Gasteiger partial charge in [0.05, 0.1) is 11.8 Å². The number of hydrogen-bond donors (Lipinski definition) is 2. The number of anilines is 1. The number of rotatable bonds is 2. The van der Waals surface area contributed by atoms with Crippen molar-refractivity contribution in [3.05, 3.63) is 28.2 Å². The van der Waals surface area contributed by atoms with E-state index in [0.29, 0.717) is 0 Å². The van der Waals surface area contributed by atoms with Gasteiger partial charge in [0.2, 0.25) is 0 Å². The van der Waals surface area contributed by atoms with Crippen LogP contribution in [0.4, 0.5) is 5.69 Å². The van der Waals surface area contributed by atoms with Crippen LogP contribution >= 0.6 is 15.9 Å². The second-order valence-corrected chi connectivity index (χ2v) is 5.24. The first-order valence-electron chi connectivity index (χ1n) is 5.56. The lowest BCUT2D eigenvalue weighted by atomic mass is 10.1. The van der Waals surface area contributed by atoms with E-state index < -0.39 is 0 Å². The molecule has 1 saturated heterocycles. The molecule has 2 atom stereocenters. The molecule has 2 rings (SSSR count). The van der Waals surface area contributed by atoms with Crippen molar-refractivity contribution in [1.29, 1.82) is 0 Å². The SMILES string of the molecule is CC(N)c1ccc(N2CCC(O)C2)c(Br)c1. The van der Waals surface area contributed by atoms with Gasteiger partial charge in [0.15, 0.2) is 0 Å². The van der Waals surface area contributed by atoms with Gasteiger partial charge in [-0.3, -0.25) is 0 Å². The minimum absolute atomic E-state index is 0.0505. The van der Waals surface area contributed by atoms with Crippen LogP contribution < -0.4 is 10.6 Å². The molecule has 0 saturated carbocycles. The first-order chi connectivity index (χ1) is 7.58. The summed E-state index contributed by atoms with van der Waals surface area (Å²) in [7, 11) is 0. The Bertz CT molecular complexity index is 381. The van der Waals surface area contributed by atoms with E-state index in [9.17, 15) is 5.11 Å². The van der Waals surface area contributed by atoms with Crippen LogP contribution in [0.2, 0.25) is 0 Å². The fourth-order valence-electron chi connectivity index (χ4n) is 2.02. The molecule has 1 heterocycles. The van der Waals surface area contributed by atoms with E-state index in [1.165, 1.54) is 0 Å². The molecule has 3 N–H and O–H groups in total. The summed E-state index contributed by atoms with van der Waals surface area (Å²) in [5, 5.41) is 9.52. The van der Waals surface area contributed by atoms with Crippen LogP contribution in [-0.4, -0.2) is 24.3 Å². The largest absolute Gasteiger partial charge is 0.391 e. The van der Waals surface area contributed by atoms with Crippen molar-refractivity contribution >= 4 is 21.6 Å².